The monoisotopic (exact) mass is 230 g/mol. The molecule has 0 bridgehead atoms. The van der Waals surface area contributed by atoms with Gasteiger partial charge in [-0.2, -0.15) is 5.26 Å². The van der Waals surface area contributed by atoms with Gasteiger partial charge in [-0.1, -0.05) is 25.7 Å². The van der Waals surface area contributed by atoms with E-state index in [-0.39, 0.29) is 0 Å². The molecule has 1 aliphatic carbocycles. The van der Waals surface area contributed by atoms with E-state index >= 15 is 0 Å². The van der Waals surface area contributed by atoms with Crippen molar-refractivity contribution < 1.29 is 0 Å². The molecule has 0 saturated heterocycles. The lowest BCUT2D eigenvalue weighted by Gasteiger charge is -2.27. The zero-order valence-corrected chi connectivity index (χ0v) is 10.3. The quantitative estimate of drug-likeness (QED) is 0.732. The number of aromatic nitrogens is 2. The van der Waals surface area contributed by atoms with Crippen molar-refractivity contribution >= 4 is 5.95 Å². The minimum atomic E-state index is 0.440. The molecule has 1 aromatic heterocycles. The first-order valence-corrected chi connectivity index (χ1v) is 6.27. The van der Waals surface area contributed by atoms with Crippen molar-refractivity contribution in [3.8, 4) is 6.07 Å². The van der Waals surface area contributed by atoms with Crippen LogP contribution in [0.15, 0.2) is 12.3 Å². The summed E-state index contributed by atoms with van der Waals surface area (Å²) in [7, 11) is 2.03. The molecule has 1 fully saturated rings. The van der Waals surface area contributed by atoms with E-state index in [4.69, 9.17) is 5.26 Å². The summed E-state index contributed by atoms with van der Waals surface area (Å²) in [4.78, 5) is 10.6. The van der Waals surface area contributed by atoms with Gasteiger partial charge in [-0.25, -0.2) is 9.97 Å². The largest absolute Gasteiger partial charge is 0.341 e. The molecule has 0 spiro atoms. The van der Waals surface area contributed by atoms with Crippen LogP contribution in [0.5, 0.6) is 0 Å². The summed E-state index contributed by atoms with van der Waals surface area (Å²) >= 11 is 0. The Balaban J connectivity index is 2.12. The average molecular weight is 230 g/mol. The van der Waals surface area contributed by atoms with Crippen LogP contribution in [0.4, 0.5) is 5.95 Å². The third-order valence-electron chi connectivity index (χ3n) is 3.45. The molecular weight excluding hydrogens is 212 g/mol. The van der Waals surface area contributed by atoms with E-state index < -0.39 is 0 Å². The van der Waals surface area contributed by atoms with Crippen LogP contribution in [-0.4, -0.2) is 23.1 Å². The predicted octanol–water partition coefficient (Wildman–Crippen LogP) is 2.51. The number of hydrogen-bond donors (Lipinski definition) is 0. The van der Waals surface area contributed by atoms with Gasteiger partial charge in [0.25, 0.3) is 0 Å². The first kappa shape index (κ1) is 11.8. The second-order valence-corrected chi connectivity index (χ2v) is 4.61. The third-order valence-corrected chi connectivity index (χ3v) is 3.45. The van der Waals surface area contributed by atoms with E-state index in [9.17, 15) is 0 Å². The molecule has 90 valence electrons. The summed E-state index contributed by atoms with van der Waals surface area (Å²) in [6, 6.07) is 4.22. The molecule has 0 unspecified atom stereocenters. The van der Waals surface area contributed by atoms with Gasteiger partial charge in [-0.3, -0.25) is 0 Å². The zero-order valence-electron chi connectivity index (χ0n) is 10.3. The van der Waals surface area contributed by atoms with Crippen LogP contribution in [-0.2, 0) is 0 Å². The Morgan fingerprint density at radius 3 is 2.65 bits per heavy atom. The van der Waals surface area contributed by atoms with E-state index in [0.29, 0.717) is 17.7 Å². The van der Waals surface area contributed by atoms with Crippen LogP contribution < -0.4 is 4.90 Å². The fourth-order valence-corrected chi connectivity index (χ4v) is 2.39. The van der Waals surface area contributed by atoms with Crippen molar-refractivity contribution in [1.29, 1.82) is 5.26 Å². The molecular formula is C13H18N4. The van der Waals surface area contributed by atoms with E-state index in [1.54, 1.807) is 12.3 Å². The van der Waals surface area contributed by atoms with Crippen molar-refractivity contribution in [2.75, 3.05) is 11.9 Å². The molecule has 4 nitrogen and oxygen atoms in total. The lowest BCUT2D eigenvalue weighted by atomic mass is 10.1. The molecule has 1 heterocycles. The van der Waals surface area contributed by atoms with Crippen molar-refractivity contribution in [2.24, 2.45) is 0 Å². The number of anilines is 1. The Kier molecular flexibility index (Phi) is 3.92. The number of rotatable bonds is 2. The molecule has 1 aromatic rings. The minimum Gasteiger partial charge on any atom is -0.341 e. The molecule has 1 aliphatic rings. The zero-order chi connectivity index (χ0) is 12.1. The van der Waals surface area contributed by atoms with Gasteiger partial charge in [0.2, 0.25) is 5.95 Å². The van der Waals surface area contributed by atoms with Crippen LogP contribution in [0.3, 0.4) is 0 Å². The average Bonchev–Trinajstić information content (AvgIpc) is 2.67. The fraction of sp³-hybridized carbons (Fsp3) is 0.615. The van der Waals surface area contributed by atoms with Gasteiger partial charge in [0.1, 0.15) is 11.8 Å². The standard InChI is InChI=1S/C13H18N4/c1-17(12-6-4-2-3-5-7-12)13-15-9-8-11(10-14)16-13/h8-9,12H,2-7H2,1H3. The molecule has 0 aliphatic heterocycles. The van der Waals surface area contributed by atoms with Crippen LogP contribution in [0.1, 0.15) is 44.2 Å². The number of nitrogens with zero attached hydrogens (tertiary/aromatic N) is 4. The van der Waals surface area contributed by atoms with Gasteiger partial charge in [0, 0.05) is 19.3 Å². The highest BCUT2D eigenvalue weighted by molar-refractivity contribution is 5.33. The fourth-order valence-electron chi connectivity index (χ4n) is 2.39. The van der Waals surface area contributed by atoms with Gasteiger partial charge in [-0.15, -0.1) is 0 Å². The Morgan fingerprint density at radius 1 is 1.29 bits per heavy atom. The number of nitriles is 1. The smallest absolute Gasteiger partial charge is 0.226 e. The van der Waals surface area contributed by atoms with E-state index in [2.05, 4.69) is 20.9 Å². The van der Waals surface area contributed by atoms with Crippen molar-refractivity contribution in [3.05, 3.63) is 18.0 Å². The second kappa shape index (κ2) is 5.62. The van der Waals surface area contributed by atoms with E-state index in [0.717, 1.165) is 0 Å². The van der Waals surface area contributed by atoms with Gasteiger partial charge < -0.3 is 4.90 Å². The highest BCUT2D eigenvalue weighted by Crippen LogP contribution is 2.23. The van der Waals surface area contributed by atoms with E-state index in [1.165, 1.54) is 38.5 Å². The van der Waals surface area contributed by atoms with Crippen molar-refractivity contribution in [1.82, 2.24) is 9.97 Å². The first-order chi connectivity index (χ1) is 8.31. The SMILES string of the molecule is CN(c1nccc(C#N)n1)C1CCCCCC1. The molecule has 17 heavy (non-hydrogen) atoms. The molecule has 0 N–H and O–H groups in total. The summed E-state index contributed by atoms with van der Waals surface area (Å²) in [6.07, 6.45) is 9.31. The maximum absolute atomic E-state index is 8.84. The van der Waals surface area contributed by atoms with E-state index in [1.807, 2.05) is 7.05 Å². The Bertz CT molecular complexity index is 402. The second-order valence-electron chi connectivity index (χ2n) is 4.61. The Hall–Kier alpha value is -1.63. The van der Waals surface area contributed by atoms with Crippen LogP contribution in [0, 0.1) is 11.3 Å². The molecule has 0 aromatic carbocycles. The van der Waals surface area contributed by atoms with Crippen LogP contribution in [0.2, 0.25) is 0 Å². The maximum atomic E-state index is 8.84. The van der Waals surface area contributed by atoms with Gasteiger partial charge in [0.15, 0.2) is 0 Å². The summed E-state index contributed by atoms with van der Waals surface area (Å²) in [5.74, 6) is 0.677. The topological polar surface area (TPSA) is 52.8 Å². The Labute approximate surface area is 102 Å². The molecule has 2 rings (SSSR count). The summed E-state index contributed by atoms with van der Waals surface area (Å²) in [5, 5.41) is 8.84. The molecule has 0 atom stereocenters. The lowest BCUT2D eigenvalue weighted by Crippen LogP contribution is -2.32. The first-order valence-electron chi connectivity index (χ1n) is 6.27. The highest BCUT2D eigenvalue weighted by Gasteiger charge is 2.19. The molecule has 0 amide bonds. The predicted molar refractivity (Wildman–Crippen MR) is 66.6 cm³/mol. The summed E-state index contributed by atoms with van der Waals surface area (Å²) in [6.45, 7) is 0. The lowest BCUT2D eigenvalue weighted by molar-refractivity contribution is 0.544. The maximum Gasteiger partial charge on any atom is 0.226 e. The summed E-state index contributed by atoms with van der Waals surface area (Å²) < 4.78 is 0. The van der Waals surface area contributed by atoms with Crippen molar-refractivity contribution in [3.63, 3.8) is 0 Å². The summed E-state index contributed by atoms with van der Waals surface area (Å²) in [5.41, 5.74) is 0.440. The highest BCUT2D eigenvalue weighted by atomic mass is 15.2. The van der Waals surface area contributed by atoms with Crippen molar-refractivity contribution in [2.45, 2.75) is 44.6 Å². The minimum absolute atomic E-state index is 0.440. The van der Waals surface area contributed by atoms with Gasteiger partial charge >= 0.3 is 0 Å². The van der Waals surface area contributed by atoms with Gasteiger partial charge in [0.05, 0.1) is 0 Å². The molecule has 0 radical (unpaired) electrons. The molecule has 4 heteroatoms. The normalized spacial score (nSPS) is 17.2. The molecule has 1 saturated carbocycles. The Morgan fingerprint density at radius 2 is 2.00 bits per heavy atom. The van der Waals surface area contributed by atoms with Crippen LogP contribution in [0.25, 0.3) is 0 Å². The third kappa shape index (κ3) is 2.94. The van der Waals surface area contributed by atoms with Crippen LogP contribution >= 0.6 is 0 Å². The number of hydrogen-bond acceptors (Lipinski definition) is 4. The van der Waals surface area contributed by atoms with Gasteiger partial charge in [-0.05, 0) is 18.9 Å².